The van der Waals surface area contributed by atoms with Crippen molar-refractivity contribution in [1.29, 1.82) is 5.26 Å². The molecular formula is C34H35N7O2. The molecule has 5 aromatic rings. The molecule has 0 fully saturated rings. The summed E-state index contributed by atoms with van der Waals surface area (Å²) in [5.41, 5.74) is 6.03. The van der Waals surface area contributed by atoms with Gasteiger partial charge in [0.1, 0.15) is 11.8 Å². The molecule has 9 nitrogen and oxygen atoms in total. The first-order valence-electron chi connectivity index (χ1n) is 14.3. The maximum Gasteiger partial charge on any atom is 0.248 e. The number of likely N-dealkylation sites (N-methyl/N-ethyl adjacent to an activating group) is 1. The fourth-order valence-electron chi connectivity index (χ4n) is 5.01. The smallest absolute Gasteiger partial charge is 0.248 e. The summed E-state index contributed by atoms with van der Waals surface area (Å²) in [5.74, 6) is 0.252. The van der Waals surface area contributed by atoms with Crippen molar-refractivity contribution in [3.05, 3.63) is 96.1 Å². The summed E-state index contributed by atoms with van der Waals surface area (Å²) >= 11 is 0. The maximum atomic E-state index is 12.8. The van der Waals surface area contributed by atoms with Crippen molar-refractivity contribution in [2.45, 2.75) is 26.8 Å². The Labute approximate surface area is 251 Å². The lowest BCUT2D eigenvalue weighted by Gasteiger charge is -2.18. The third-order valence-electron chi connectivity index (χ3n) is 7.02. The summed E-state index contributed by atoms with van der Waals surface area (Å²) in [6, 6.07) is 18.3. The van der Waals surface area contributed by atoms with Crippen molar-refractivity contribution in [3.8, 4) is 11.8 Å². The molecule has 0 radical (unpaired) electrons. The minimum Gasteiger partial charge on any atom is -0.492 e. The van der Waals surface area contributed by atoms with Crippen LogP contribution in [0, 0.1) is 11.3 Å². The topological polar surface area (TPSA) is 108 Å². The van der Waals surface area contributed by atoms with Crippen LogP contribution in [-0.2, 0) is 17.8 Å². The average molecular weight is 574 g/mol. The van der Waals surface area contributed by atoms with Crippen LogP contribution in [0.5, 0.6) is 5.75 Å². The predicted molar refractivity (Wildman–Crippen MR) is 172 cm³/mol. The number of aryl methyl sites for hydroxylation is 1. The van der Waals surface area contributed by atoms with Crippen LogP contribution in [0.25, 0.3) is 21.8 Å². The van der Waals surface area contributed by atoms with Gasteiger partial charge in [0.25, 0.3) is 0 Å². The van der Waals surface area contributed by atoms with E-state index in [4.69, 9.17) is 9.72 Å². The number of aromatic nitrogens is 3. The van der Waals surface area contributed by atoms with E-state index >= 15 is 0 Å². The molecular weight excluding hydrogens is 538 g/mol. The van der Waals surface area contributed by atoms with E-state index in [9.17, 15) is 10.1 Å². The number of amides is 1. The number of hydrogen-bond donors (Lipinski definition) is 2. The summed E-state index contributed by atoms with van der Waals surface area (Å²) in [4.78, 5) is 23.8. The Balaban J connectivity index is 1.55. The van der Waals surface area contributed by atoms with E-state index < -0.39 is 0 Å². The van der Waals surface area contributed by atoms with Crippen molar-refractivity contribution < 1.29 is 9.53 Å². The van der Waals surface area contributed by atoms with Gasteiger partial charge in [0.15, 0.2) is 0 Å². The van der Waals surface area contributed by atoms with E-state index in [1.807, 2.05) is 63.3 Å². The number of carbonyl (C=O) groups is 1. The molecule has 0 atom stereocenters. The minimum absolute atomic E-state index is 0.267. The first kappa shape index (κ1) is 29.3. The molecule has 2 N–H and O–H groups in total. The molecule has 0 aliphatic rings. The first-order valence-corrected chi connectivity index (χ1v) is 14.3. The van der Waals surface area contributed by atoms with Crippen LogP contribution in [-0.4, -0.2) is 52.6 Å². The summed E-state index contributed by atoms with van der Waals surface area (Å²) in [7, 11) is 3.88. The van der Waals surface area contributed by atoms with Gasteiger partial charge in [-0.05, 0) is 69.4 Å². The quantitative estimate of drug-likeness (QED) is 0.179. The highest BCUT2D eigenvalue weighted by Crippen LogP contribution is 2.38. The third kappa shape index (κ3) is 6.66. The van der Waals surface area contributed by atoms with Crippen molar-refractivity contribution >= 4 is 44.8 Å². The van der Waals surface area contributed by atoms with Crippen molar-refractivity contribution in [2.75, 3.05) is 37.9 Å². The number of hydrogen-bond acceptors (Lipinski definition) is 7. The van der Waals surface area contributed by atoms with E-state index in [-0.39, 0.29) is 5.91 Å². The molecule has 0 bridgehead atoms. The molecule has 0 saturated carbocycles. The highest BCUT2D eigenvalue weighted by atomic mass is 16.5. The van der Waals surface area contributed by atoms with Gasteiger partial charge < -0.3 is 24.8 Å². The lowest BCUT2D eigenvalue weighted by molar-refractivity contribution is -0.111. The summed E-state index contributed by atoms with van der Waals surface area (Å²) < 4.78 is 8.08. The molecule has 2 aromatic carbocycles. The highest BCUT2D eigenvalue weighted by molar-refractivity contribution is 6.05. The van der Waals surface area contributed by atoms with Crippen LogP contribution in [0.1, 0.15) is 30.7 Å². The standard InChI is InChI=1S/C34H35N7O2/c1-5-28-27(20-35)34(37-25-11-12-31-24(17-25)13-16-41(31)22-23-9-7-14-36-21-23)26-18-30(32(43-6-2)19-29(26)38-28)39-33(42)10-8-15-40(3)4/h7-14,16-19,21H,5-6,15,22H2,1-4H3,(H,37,38)(H,39,42)/b10-8+. The summed E-state index contributed by atoms with van der Waals surface area (Å²) in [5, 5.41) is 18.5. The van der Waals surface area contributed by atoms with Crippen LogP contribution in [0.4, 0.5) is 17.1 Å². The number of anilines is 3. The van der Waals surface area contributed by atoms with Gasteiger partial charge in [-0.3, -0.25) is 14.8 Å². The number of benzene rings is 2. The monoisotopic (exact) mass is 573 g/mol. The number of carbonyl (C=O) groups excluding carboxylic acids is 1. The lowest BCUT2D eigenvalue weighted by Crippen LogP contribution is -2.13. The zero-order chi connectivity index (χ0) is 30.3. The van der Waals surface area contributed by atoms with Gasteiger partial charge in [0.05, 0.1) is 34.8 Å². The van der Waals surface area contributed by atoms with Crippen LogP contribution in [0.15, 0.2) is 79.3 Å². The molecule has 3 aromatic heterocycles. The average Bonchev–Trinajstić information content (AvgIpc) is 3.39. The predicted octanol–water partition coefficient (Wildman–Crippen LogP) is 6.27. The molecule has 0 saturated heterocycles. The van der Waals surface area contributed by atoms with Crippen molar-refractivity contribution in [3.63, 3.8) is 0 Å². The Hall–Kier alpha value is -5.20. The molecule has 1 amide bonds. The lowest BCUT2D eigenvalue weighted by atomic mass is 10.0. The largest absolute Gasteiger partial charge is 0.492 e. The summed E-state index contributed by atoms with van der Waals surface area (Å²) in [6.45, 7) is 5.66. The van der Waals surface area contributed by atoms with Gasteiger partial charge >= 0.3 is 0 Å². The van der Waals surface area contributed by atoms with Gasteiger partial charge in [-0.25, -0.2) is 0 Å². The molecule has 0 aliphatic heterocycles. The third-order valence-corrected chi connectivity index (χ3v) is 7.02. The van der Waals surface area contributed by atoms with Crippen LogP contribution in [0.3, 0.4) is 0 Å². The Morgan fingerprint density at radius 1 is 1.16 bits per heavy atom. The van der Waals surface area contributed by atoms with Gasteiger partial charge in [-0.2, -0.15) is 5.26 Å². The van der Waals surface area contributed by atoms with Gasteiger partial charge in [-0.15, -0.1) is 0 Å². The Morgan fingerprint density at radius 3 is 2.74 bits per heavy atom. The number of pyridine rings is 2. The second-order valence-corrected chi connectivity index (χ2v) is 10.4. The van der Waals surface area contributed by atoms with E-state index in [0.717, 1.165) is 28.7 Å². The Morgan fingerprint density at radius 2 is 2.02 bits per heavy atom. The molecule has 0 unspecified atom stereocenters. The zero-order valence-corrected chi connectivity index (χ0v) is 24.9. The fourth-order valence-corrected chi connectivity index (χ4v) is 5.01. The molecule has 0 aliphatic carbocycles. The molecule has 9 heteroatoms. The Kier molecular flexibility index (Phi) is 8.99. The van der Waals surface area contributed by atoms with Gasteiger partial charge in [0.2, 0.25) is 5.91 Å². The van der Waals surface area contributed by atoms with E-state index in [2.05, 4.69) is 56.7 Å². The fraction of sp³-hybridized carbons (Fsp3) is 0.235. The molecule has 0 spiro atoms. The minimum atomic E-state index is -0.267. The molecule has 218 valence electrons. The molecule has 3 heterocycles. The molecule has 5 rings (SSSR count). The summed E-state index contributed by atoms with van der Waals surface area (Å²) in [6.07, 6.45) is 9.61. The Bertz CT molecular complexity index is 1840. The van der Waals surface area contributed by atoms with E-state index in [1.54, 1.807) is 12.3 Å². The normalized spacial score (nSPS) is 11.3. The number of nitrogens with zero attached hydrogens (tertiary/aromatic N) is 5. The number of nitrogens with one attached hydrogen (secondary N) is 2. The van der Waals surface area contributed by atoms with Gasteiger partial charge in [-0.1, -0.05) is 19.1 Å². The maximum absolute atomic E-state index is 12.8. The second-order valence-electron chi connectivity index (χ2n) is 10.4. The van der Waals surface area contributed by atoms with Crippen molar-refractivity contribution in [1.82, 2.24) is 19.4 Å². The van der Waals surface area contributed by atoms with Crippen LogP contribution < -0.4 is 15.4 Å². The van der Waals surface area contributed by atoms with Gasteiger partial charge in [0, 0.05) is 65.8 Å². The number of ether oxygens (including phenoxy) is 1. The second kappa shape index (κ2) is 13.2. The first-order chi connectivity index (χ1) is 20.9. The number of fused-ring (bicyclic) bond motifs is 2. The molecule has 43 heavy (non-hydrogen) atoms. The zero-order valence-electron chi connectivity index (χ0n) is 24.9. The van der Waals surface area contributed by atoms with E-state index in [1.165, 1.54) is 6.08 Å². The van der Waals surface area contributed by atoms with Crippen LogP contribution >= 0.6 is 0 Å². The van der Waals surface area contributed by atoms with E-state index in [0.29, 0.717) is 58.9 Å². The van der Waals surface area contributed by atoms with Crippen LogP contribution in [0.2, 0.25) is 0 Å². The number of rotatable bonds is 11. The SMILES string of the molecule is CCOc1cc2nc(CC)c(C#N)c(Nc3ccc4c(ccn4Cc4cccnc4)c3)c2cc1NC(=O)/C=C/CN(C)C. The highest BCUT2D eigenvalue weighted by Gasteiger charge is 2.18. The van der Waals surface area contributed by atoms with Crippen molar-refractivity contribution in [2.24, 2.45) is 0 Å². The number of nitriles is 1.